The maximum absolute atomic E-state index is 12.2. The number of thiophene rings is 1. The monoisotopic (exact) mass is 284 g/mol. The highest BCUT2D eigenvalue weighted by atomic mass is 32.1. The standard InChI is InChI=1S/C12H16N2O4S/c1-7-5-19-9(10(15)17-2)8(7)14-11(16)12(13)3-4-18-6-12/h5H,3-4,6,13H2,1-2H3,(H,14,16). The molecule has 0 radical (unpaired) electrons. The van der Waals surface area contributed by atoms with Gasteiger partial charge in [-0.3, -0.25) is 4.79 Å². The second kappa shape index (κ2) is 5.28. The fraction of sp³-hybridized carbons (Fsp3) is 0.500. The van der Waals surface area contributed by atoms with E-state index >= 15 is 0 Å². The first-order valence-corrected chi connectivity index (χ1v) is 6.70. The zero-order chi connectivity index (χ0) is 14.0. The van der Waals surface area contributed by atoms with Crippen molar-refractivity contribution in [1.29, 1.82) is 0 Å². The minimum atomic E-state index is -1.03. The molecule has 2 rings (SSSR count). The Morgan fingerprint density at radius 3 is 2.89 bits per heavy atom. The molecule has 0 aromatic carbocycles. The van der Waals surface area contributed by atoms with Gasteiger partial charge < -0.3 is 20.5 Å². The number of anilines is 1. The number of carbonyl (C=O) groups excluding carboxylic acids is 2. The number of carbonyl (C=O) groups is 2. The molecule has 1 aliphatic heterocycles. The molecule has 104 valence electrons. The van der Waals surface area contributed by atoms with E-state index in [1.165, 1.54) is 18.4 Å². The van der Waals surface area contributed by atoms with Crippen LogP contribution < -0.4 is 11.1 Å². The summed E-state index contributed by atoms with van der Waals surface area (Å²) < 4.78 is 9.84. The average molecular weight is 284 g/mol. The van der Waals surface area contributed by atoms with Crippen molar-refractivity contribution >= 4 is 28.9 Å². The second-order valence-electron chi connectivity index (χ2n) is 4.53. The number of nitrogens with two attached hydrogens (primary N) is 1. The van der Waals surface area contributed by atoms with Crippen LogP contribution in [0.25, 0.3) is 0 Å². The van der Waals surface area contributed by atoms with Crippen molar-refractivity contribution in [2.45, 2.75) is 18.9 Å². The van der Waals surface area contributed by atoms with Gasteiger partial charge in [-0.2, -0.15) is 0 Å². The molecule has 1 aliphatic rings. The Morgan fingerprint density at radius 2 is 2.32 bits per heavy atom. The lowest BCUT2D eigenvalue weighted by molar-refractivity contribution is -0.121. The first kappa shape index (κ1) is 14.0. The fourth-order valence-electron chi connectivity index (χ4n) is 1.84. The number of hydrogen-bond acceptors (Lipinski definition) is 6. The number of nitrogens with one attached hydrogen (secondary N) is 1. The molecule has 1 saturated heterocycles. The van der Waals surface area contributed by atoms with Gasteiger partial charge in [0.2, 0.25) is 5.91 Å². The van der Waals surface area contributed by atoms with Gasteiger partial charge >= 0.3 is 5.97 Å². The molecule has 19 heavy (non-hydrogen) atoms. The van der Waals surface area contributed by atoms with Crippen LogP contribution in [0.1, 0.15) is 21.7 Å². The Hall–Kier alpha value is -1.44. The lowest BCUT2D eigenvalue weighted by Crippen LogP contribution is -2.51. The van der Waals surface area contributed by atoms with Gasteiger partial charge in [-0.25, -0.2) is 4.79 Å². The maximum atomic E-state index is 12.2. The van der Waals surface area contributed by atoms with Gasteiger partial charge in [0.1, 0.15) is 10.4 Å². The molecule has 7 heteroatoms. The van der Waals surface area contributed by atoms with Gasteiger partial charge in [0, 0.05) is 6.61 Å². The molecule has 0 aliphatic carbocycles. The molecule has 1 unspecified atom stereocenters. The Kier molecular flexibility index (Phi) is 3.88. The van der Waals surface area contributed by atoms with E-state index in [0.717, 1.165) is 5.56 Å². The first-order chi connectivity index (χ1) is 8.98. The highest BCUT2D eigenvalue weighted by Crippen LogP contribution is 2.29. The predicted molar refractivity (Wildman–Crippen MR) is 71.4 cm³/mol. The Labute approximate surface area is 114 Å². The van der Waals surface area contributed by atoms with Crippen molar-refractivity contribution in [3.05, 3.63) is 15.8 Å². The minimum absolute atomic E-state index is 0.190. The molecule has 0 spiro atoms. The van der Waals surface area contributed by atoms with Gasteiger partial charge in [-0.05, 0) is 24.3 Å². The molecular weight excluding hydrogens is 268 g/mol. The highest BCUT2D eigenvalue weighted by Gasteiger charge is 2.39. The van der Waals surface area contributed by atoms with Crippen molar-refractivity contribution in [1.82, 2.24) is 0 Å². The van der Waals surface area contributed by atoms with Crippen molar-refractivity contribution in [3.8, 4) is 0 Å². The number of methoxy groups -OCH3 is 1. The molecule has 1 fully saturated rings. The summed E-state index contributed by atoms with van der Waals surface area (Å²) >= 11 is 1.23. The number of hydrogen-bond donors (Lipinski definition) is 2. The van der Waals surface area contributed by atoms with Crippen LogP contribution in [0.15, 0.2) is 5.38 Å². The number of rotatable bonds is 3. The fourth-order valence-corrected chi connectivity index (χ4v) is 2.76. The van der Waals surface area contributed by atoms with E-state index in [1.807, 2.05) is 6.92 Å². The molecule has 1 amide bonds. The molecule has 1 atom stereocenters. The summed E-state index contributed by atoms with van der Waals surface area (Å²) in [5.74, 6) is -0.807. The minimum Gasteiger partial charge on any atom is -0.465 e. The van der Waals surface area contributed by atoms with Crippen LogP contribution in [-0.4, -0.2) is 37.7 Å². The molecular formula is C12H16N2O4S. The summed E-state index contributed by atoms with van der Waals surface area (Å²) in [5, 5.41) is 4.51. The SMILES string of the molecule is COC(=O)c1scc(C)c1NC(=O)C1(N)CCOC1. The maximum Gasteiger partial charge on any atom is 0.350 e. The summed E-state index contributed by atoms with van der Waals surface area (Å²) in [6.45, 7) is 2.47. The molecule has 1 aromatic rings. The molecule has 0 saturated carbocycles. The van der Waals surface area contributed by atoms with Crippen molar-refractivity contribution in [2.75, 3.05) is 25.6 Å². The van der Waals surface area contributed by atoms with Crippen LogP contribution in [0.4, 0.5) is 5.69 Å². The summed E-state index contributed by atoms with van der Waals surface area (Å²) in [6, 6.07) is 0. The summed E-state index contributed by atoms with van der Waals surface area (Å²) in [6.07, 6.45) is 0.468. The molecule has 2 heterocycles. The quantitative estimate of drug-likeness (QED) is 0.805. The van der Waals surface area contributed by atoms with Crippen molar-refractivity contribution in [2.24, 2.45) is 5.73 Å². The molecule has 0 bridgehead atoms. The zero-order valence-electron chi connectivity index (χ0n) is 10.8. The normalized spacial score (nSPS) is 22.3. The van der Waals surface area contributed by atoms with E-state index in [0.29, 0.717) is 23.6 Å². The zero-order valence-corrected chi connectivity index (χ0v) is 11.6. The van der Waals surface area contributed by atoms with E-state index in [1.54, 1.807) is 5.38 Å². The molecule has 6 nitrogen and oxygen atoms in total. The Morgan fingerprint density at radius 1 is 1.58 bits per heavy atom. The van der Waals surface area contributed by atoms with Crippen LogP contribution in [0.2, 0.25) is 0 Å². The summed E-state index contributed by atoms with van der Waals surface area (Å²) in [5.41, 5.74) is 6.23. The largest absolute Gasteiger partial charge is 0.465 e. The second-order valence-corrected chi connectivity index (χ2v) is 5.41. The van der Waals surface area contributed by atoms with Gasteiger partial charge in [-0.15, -0.1) is 11.3 Å². The third-order valence-electron chi connectivity index (χ3n) is 3.09. The van der Waals surface area contributed by atoms with Gasteiger partial charge in [0.15, 0.2) is 0 Å². The van der Waals surface area contributed by atoms with E-state index in [2.05, 4.69) is 10.1 Å². The van der Waals surface area contributed by atoms with Crippen LogP contribution in [0.5, 0.6) is 0 Å². The predicted octanol–water partition coefficient (Wildman–Crippen LogP) is 0.899. The van der Waals surface area contributed by atoms with Crippen LogP contribution in [-0.2, 0) is 14.3 Å². The van der Waals surface area contributed by atoms with E-state index in [9.17, 15) is 9.59 Å². The smallest absolute Gasteiger partial charge is 0.350 e. The lowest BCUT2D eigenvalue weighted by Gasteiger charge is -2.21. The van der Waals surface area contributed by atoms with Crippen LogP contribution in [0.3, 0.4) is 0 Å². The highest BCUT2D eigenvalue weighted by molar-refractivity contribution is 7.12. The number of ether oxygens (including phenoxy) is 2. The number of aryl methyl sites for hydroxylation is 1. The number of amides is 1. The number of esters is 1. The third kappa shape index (κ3) is 2.63. The first-order valence-electron chi connectivity index (χ1n) is 5.82. The van der Waals surface area contributed by atoms with Gasteiger partial charge in [0.25, 0.3) is 0 Å². The molecule has 1 aromatic heterocycles. The van der Waals surface area contributed by atoms with E-state index in [-0.39, 0.29) is 12.5 Å². The van der Waals surface area contributed by atoms with Crippen LogP contribution in [0, 0.1) is 6.92 Å². The summed E-state index contributed by atoms with van der Waals surface area (Å²) in [4.78, 5) is 24.2. The summed E-state index contributed by atoms with van der Waals surface area (Å²) in [7, 11) is 1.30. The third-order valence-corrected chi connectivity index (χ3v) is 4.17. The van der Waals surface area contributed by atoms with Gasteiger partial charge in [-0.1, -0.05) is 0 Å². The Bertz CT molecular complexity index is 506. The van der Waals surface area contributed by atoms with E-state index < -0.39 is 11.5 Å². The van der Waals surface area contributed by atoms with Gasteiger partial charge in [0.05, 0.1) is 19.4 Å². The van der Waals surface area contributed by atoms with Crippen molar-refractivity contribution in [3.63, 3.8) is 0 Å². The average Bonchev–Trinajstić information content (AvgIpc) is 2.98. The molecule has 3 N–H and O–H groups in total. The van der Waals surface area contributed by atoms with Crippen molar-refractivity contribution < 1.29 is 19.1 Å². The topological polar surface area (TPSA) is 90.7 Å². The van der Waals surface area contributed by atoms with Crippen LogP contribution >= 0.6 is 11.3 Å². The lowest BCUT2D eigenvalue weighted by atomic mass is 9.99. The Balaban J connectivity index is 2.21. The van der Waals surface area contributed by atoms with E-state index in [4.69, 9.17) is 10.5 Å².